The van der Waals surface area contributed by atoms with Crippen LogP contribution >= 0.6 is 0 Å². The summed E-state index contributed by atoms with van der Waals surface area (Å²) in [6.45, 7) is 2.08. The van der Waals surface area contributed by atoms with E-state index in [-0.39, 0.29) is 5.63 Å². The van der Waals surface area contributed by atoms with Crippen molar-refractivity contribution in [2.24, 2.45) is 0 Å². The van der Waals surface area contributed by atoms with Crippen LogP contribution in [0.5, 0.6) is 0 Å². The van der Waals surface area contributed by atoms with Gasteiger partial charge < -0.3 is 4.42 Å². The molecule has 5 nitrogen and oxygen atoms in total. The molecule has 1 atom stereocenters. The third-order valence-electron chi connectivity index (χ3n) is 10.0. The maximum Gasteiger partial charge on any atom is 0.418 e. The summed E-state index contributed by atoms with van der Waals surface area (Å²) < 4.78 is 12.3. The lowest BCUT2D eigenvalue weighted by Crippen LogP contribution is -2.71. The smallest absolute Gasteiger partial charge is 0.418 e. The number of aryl methyl sites for hydroxylation is 1. The molecule has 0 radical (unpaired) electrons. The molecule has 8 aromatic rings. The molecule has 0 saturated heterocycles. The minimum Gasteiger partial charge on any atom is -0.420 e. The molecule has 4 aromatic carbocycles. The van der Waals surface area contributed by atoms with Crippen LogP contribution in [-0.2, 0) is 5.66 Å². The molecular formula is C42H28N3O2+3. The monoisotopic (exact) mass is 606 g/mol. The Hall–Kier alpha value is -6.20. The van der Waals surface area contributed by atoms with Crippen molar-refractivity contribution in [1.82, 2.24) is 0 Å². The second-order valence-corrected chi connectivity index (χ2v) is 12.5. The molecule has 6 heterocycles. The molecule has 4 aromatic heterocycles. The van der Waals surface area contributed by atoms with Crippen LogP contribution in [-0.4, -0.2) is 0 Å². The van der Waals surface area contributed by atoms with Gasteiger partial charge in [-0.1, -0.05) is 66.2 Å². The standard InChI is InChI=1S/C42H28N3O2/c1-27-16-18-28(19-17-27)30-25-37(43-23-24-47-41(46)38(43)26-30)32-11-4-5-14-35(32)42-39-33(36-15-6-7-21-44(36)42)12-8-13-34(39)40-31-10-3-2-9-29(31)20-22-45(40)42/h2-26H,1H3/q+3. The lowest BCUT2D eigenvalue weighted by atomic mass is 9.85. The molecule has 0 bridgehead atoms. The van der Waals surface area contributed by atoms with Gasteiger partial charge in [0.2, 0.25) is 23.3 Å². The molecule has 0 saturated carbocycles. The highest BCUT2D eigenvalue weighted by molar-refractivity contribution is 5.97. The highest BCUT2D eigenvalue weighted by Gasteiger charge is 2.68. The zero-order chi connectivity index (χ0) is 31.3. The van der Waals surface area contributed by atoms with Crippen molar-refractivity contribution in [3.63, 3.8) is 0 Å². The number of nitrogens with zero attached hydrogens (tertiary/aromatic N) is 3. The zero-order valence-corrected chi connectivity index (χ0v) is 25.6. The molecule has 0 N–H and O–H groups in total. The van der Waals surface area contributed by atoms with E-state index in [1.165, 1.54) is 45.0 Å². The maximum atomic E-state index is 13.3. The first-order valence-electron chi connectivity index (χ1n) is 15.9. The average molecular weight is 607 g/mol. The van der Waals surface area contributed by atoms with Crippen LogP contribution < -0.4 is 19.2 Å². The van der Waals surface area contributed by atoms with Gasteiger partial charge in [0.05, 0.1) is 22.1 Å². The van der Waals surface area contributed by atoms with Gasteiger partial charge in [0.1, 0.15) is 11.1 Å². The second-order valence-electron chi connectivity index (χ2n) is 12.5. The van der Waals surface area contributed by atoms with Gasteiger partial charge in [-0.05, 0) is 59.8 Å². The third kappa shape index (κ3) is 3.38. The SMILES string of the molecule is Cc1ccc(-c2cc(-c3ccccc3C34c5c(cccc5-c5c6ccccc6cc[n+]53)-c3cccc[n+]34)[n+]3ccoc(=O)c3c2)cc1. The second kappa shape index (κ2) is 9.41. The van der Waals surface area contributed by atoms with E-state index < -0.39 is 5.66 Å². The Balaban J connectivity index is 1.36. The van der Waals surface area contributed by atoms with Crippen molar-refractivity contribution in [3.05, 3.63) is 179 Å². The van der Waals surface area contributed by atoms with Crippen LogP contribution in [0.3, 0.4) is 0 Å². The van der Waals surface area contributed by atoms with E-state index in [1.807, 2.05) is 16.7 Å². The molecule has 2 aliphatic heterocycles. The van der Waals surface area contributed by atoms with E-state index in [0.717, 1.165) is 33.6 Å². The van der Waals surface area contributed by atoms with Crippen molar-refractivity contribution in [1.29, 1.82) is 0 Å². The first-order chi connectivity index (χ1) is 23.1. The number of hydrogen-bond acceptors (Lipinski definition) is 2. The molecule has 10 rings (SSSR count). The number of fused-ring (bicyclic) bond motifs is 9. The van der Waals surface area contributed by atoms with Crippen LogP contribution in [0, 0.1) is 6.92 Å². The molecule has 2 aliphatic rings. The third-order valence-corrected chi connectivity index (χ3v) is 10.0. The van der Waals surface area contributed by atoms with Gasteiger partial charge in [-0.3, -0.25) is 0 Å². The van der Waals surface area contributed by atoms with E-state index in [2.05, 4.69) is 150 Å². The predicted molar refractivity (Wildman–Crippen MR) is 181 cm³/mol. The van der Waals surface area contributed by atoms with Crippen LogP contribution in [0.25, 0.3) is 61.2 Å². The van der Waals surface area contributed by atoms with E-state index in [1.54, 1.807) is 0 Å². The Bertz CT molecular complexity index is 2670. The first kappa shape index (κ1) is 26.1. The summed E-state index contributed by atoms with van der Waals surface area (Å²) in [4.78, 5) is 13.3. The van der Waals surface area contributed by atoms with Crippen molar-refractivity contribution in [3.8, 4) is 44.9 Å². The fraction of sp³-hybridized carbons (Fsp3) is 0.0476. The summed E-state index contributed by atoms with van der Waals surface area (Å²) in [5, 5.41) is 2.42. The Morgan fingerprint density at radius 2 is 1.40 bits per heavy atom. The Morgan fingerprint density at radius 1 is 0.617 bits per heavy atom. The zero-order valence-electron chi connectivity index (χ0n) is 25.6. The van der Waals surface area contributed by atoms with E-state index in [0.29, 0.717) is 5.52 Å². The van der Waals surface area contributed by atoms with Crippen LogP contribution in [0.15, 0.2) is 161 Å². The first-order valence-corrected chi connectivity index (χ1v) is 15.9. The normalized spacial score (nSPS) is 15.5. The summed E-state index contributed by atoms with van der Waals surface area (Å²) in [5.41, 5.74) is 11.7. The summed E-state index contributed by atoms with van der Waals surface area (Å²) in [7, 11) is 0. The van der Waals surface area contributed by atoms with E-state index in [4.69, 9.17) is 4.42 Å². The number of hydrogen-bond donors (Lipinski definition) is 0. The molecule has 47 heavy (non-hydrogen) atoms. The van der Waals surface area contributed by atoms with E-state index >= 15 is 0 Å². The highest BCUT2D eigenvalue weighted by Crippen LogP contribution is 2.51. The fourth-order valence-corrected chi connectivity index (χ4v) is 8.06. The van der Waals surface area contributed by atoms with Crippen LogP contribution in [0.1, 0.15) is 16.7 Å². The predicted octanol–water partition coefficient (Wildman–Crippen LogP) is 7.01. The molecular weight excluding hydrogens is 578 g/mol. The molecule has 5 heteroatoms. The Morgan fingerprint density at radius 3 is 2.32 bits per heavy atom. The topological polar surface area (TPSA) is 42.1 Å². The Labute approximate surface area is 270 Å². The van der Waals surface area contributed by atoms with Crippen molar-refractivity contribution >= 4 is 16.3 Å². The molecule has 0 aliphatic carbocycles. The van der Waals surface area contributed by atoms with Gasteiger partial charge in [-0.15, -0.1) is 9.13 Å². The fourth-order valence-electron chi connectivity index (χ4n) is 8.06. The lowest BCUT2D eigenvalue weighted by Gasteiger charge is -2.20. The molecule has 220 valence electrons. The number of pyridine rings is 3. The summed E-state index contributed by atoms with van der Waals surface area (Å²) in [5.74, 6) is 0. The minimum atomic E-state index is -0.718. The number of benzene rings is 4. The lowest BCUT2D eigenvalue weighted by molar-refractivity contribution is -0.954. The molecule has 0 spiro atoms. The van der Waals surface area contributed by atoms with Gasteiger partial charge in [0.25, 0.3) is 5.52 Å². The molecule has 1 unspecified atom stereocenters. The average Bonchev–Trinajstić information content (AvgIpc) is 3.60. The Kier molecular flexibility index (Phi) is 5.22. The van der Waals surface area contributed by atoms with Gasteiger partial charge in [-0.2, -0.15) is 4.40 Å². The van der Waals surface area contributed by atoms with Gasteiger partial charge in [0.15, 0.2) is 18.7 Å². The van der Waals surface area contributed by atoms with Gasteiger partial charge in [-0.25, -0.2) is 4.79 Å². The quantitative estimate of drug-likeness (QED) is 0.203. The maximum absolute atomic E-state index is 13.3. The van der Waals surface area contributed by atoms with Gasteiger partial charge in [0, 0.05) is 30.3 Å². The van der Waals surface area contributed by atoms with Crippen LogP contribution in [0.2, 0.25) is 0 Å². The number of aromatic nitrogens is 3. The highest BCUT2D eigenvalue weighted by atomic mass is 16.4. The van der Waals surface area contributed by atoms with E-state index in [9.17, 15) is 4.79 Å². The van der Waals surface area contributed by atoms with Crippen molar-refractivity contribution < 1.29 is 18.0 Å². The summed E-state index contributed by atoms with van der Waals surface area (Å²) in [6, 6.07) is 45.2. The van der Waals surface area contributed by atoms with Crippen molar-refractivity contribution in [2.75, 3.05) is 0 Å². The number of rotatable bonds is 3. The van der Waals surface area contributed by atoms with Crippen LogP contribution in [0.4, 0.5) is 0 Å². The largest absolute Gasteiger partial charge is 0.420 e. The summed E-state index contributed by atoms with van der Waals surface area (Å²) >= 11 is 0. The van der Waals surface area contributed by atoms with Crippen molar-refractivity contribution in [2.45, 2.75) is 12.6 Å². The summed E-state index contributed by atoms with van der Waals surface area (Å²) in [6.07, 6.45) is 7.77. The van der Waals surface area contributed by atoms with Gasteiger partial charge >= 0.3 is 11.3 Å². The minimum absolute atomic E-state index is 0.376. The molecule has 0 fully saturated rings. The molecule has 0 amide bonds.